The van der Waals surface area contributed by atoms with Gasteiger partial charge >= 0.3 is 0 Å². The van der Waals surface area contributed by atoms with Crippen molar-refractivity contribution in [3.63, 3.8) is 0 Å². The SMILES string of the molecule is CSCC(C)n1c(CCl)nc2c(F)cc(F)cc21. The maximum atomic E-state index is 13.7. The van der Waals surface area contributed by atoms with Gasteiger partial charge in [-0.05, 0) is 19.2 Å². The minimum absolute atomic E-state index is 0.0833. The van der Waals surface area contributed by atoms with Crippen LogP contribution in [-0.2, 0) is 5.88 Å². The number of imidazole rings is 1. The van der Waals surface area contributed by atoms with Gasteiger partial charge in [-0.25, -0.2) is 13.8 Å². The molecule has 1 atom stereocenters. The van der Waals surface area contributed by atoms with Gasteiger partial charge in [0, 0.05) is 17.9 Å². The number of alkyl halides is 1. The molecule has 0 fully saturated rings. The van der Waals surface area contributed by atoms with Gasteiger partial charge in [0.05, 0.1) is 11.4 Å². The van der Waals surface area contributed by atoms with Crippen molar-refractivity contribution in [1.82, 2.24) is 9.55 Å². The van der Waals surface area contributed by atoms with Gasteiger partial charge in [-0.15, -0.1) is 11.6 Å². The third-order valence-corrected chi connectivity index (χ3v) is 3.81. The van der Waals surface area contributed by atoms with Crippen LogP contribution in [0.15, 0.2) is 12.1 Å². The van der Waals surface area contributed by atoms with E-state index in [2.05, 4.69) is 4.98 Å². The second-order valence-corrected chi connectivity index (χ2v) is 5.27. The summed E-state index contributed by atoms with van der Waals surface area (Å²) in [5, 5.41) is 0. The Morgan fingerprint density at radius 1 is 1.44 bits per heavy atom. The number of halogens is 3. The van der Waals surface area contributed by atoms with Crippen LogP contribution < -0.4 is 0 Å². The fourth-order valence-corrected chi connectivity index (χ4v) is 2.89. The van der Waals surface area contributed by atoms with E-state index in [0.717, 1.165) is 11.8 Å². The normalized spacial score (nSPS) is 13.2. The van der Waals surface area contributed by atoms with Gasteiger partial charge in [0.15, 0.2) is 5.82 Å². The summed E-state index contributed by atoms with van der Waals surface area (Å²) in [6.45, 7) is 1.98. The van der Waals surface area contributed by atoms with Crippen LogP contribution in [0.1, 0.15) is 18.8 Å². The van der Waals surface area contributed by atoms with E-state index >= 15 is 0 Å². The van der Waals surface area contributed by atoms with Crippen LogP contribution in [0.5, 0.6) is 0 Å². The minimum atomic E-state index is -0.647. The van der Waals surface area contributed by atoms with E-state index < -0.39 is 11.6 Å². The van der Waals surface area contributed by atoms with Crippen molar-refractivity contribution >= 4 is 34.4 Å². The van der Waals surface area contributed by atoms with Gasteiger partial charge in [0.2, 0.25) is 0 Å². The summed E-state index contributed by atoms with van der Waals surface area (Å²) in [6.07, 6.45) is 1.98. The molecule has 2 rings (SSSR count). The fourth-order valence-electron chi connectivity index (χ4n) is 2.07. The molecule has 0 bridgehead atoms. The number of nitrogens with zero attached hydrogens (tertiary/aromatic N) is 2. The van der Waals surface area contributed by atoms with Crippen molar-refractivity contribution in [2.24, 2.45) is 0 Å². The molecule has 0 aliphatic rings. The smallest absolute Gasteiger partial charge is 0.153 e. The zero-order valence-electron chi connectivity index (χ0n) is 10.1. The standard InChI is InChI=1S/C12H13ClF2N2S/c1-7(6-18-2)17-10-4-8(14)3-9(15)12(10)16-11(17)5-13/h3-4,7H,5-6H2,1-2H3. The van der Waals surface area contributed by atoms with Crippen molar-refractivity contribution in [1.29, 1.82) is 0 Å². The molecule has 18 heavy (non-hydrogen) atoms. The number of aromatic nitrogens is 2. The number of rotatable bonds is 4. The summed E-state index contributed by atoms with van der Waals surface area (Å²) in [5.74, 6) is 0.324. The predicted molar refractivity (Wildman–Crippen MR) is 72.3 cm³/mol. The summed E-state index contributed by atoms with van der Waals surface area (Å²) in [4.78, 5) is 4.16. The van der Waals surface area contributed by atoms with E-state index in [0.29, 0.717) is 11.3 Å². The Labute approximate surface area is 113 Å². The van der Waals surface area contributed by atoms with Crippen LogP contribution in [-0.4, -0.2) is 21.6 Å². The molecular formula is C12H13ClF2N2S. The van der Waals surface area contributed by atoms with Crippen LogP contribution >= 0.6 is 23.4 Å². The Morgan fingerprint density at radius 2 is 2.17 bits per heavy atom. The molecular weight excluding hydrogens is 278 g/mol. The van der Waals surface area contributed by atoms with Crippen LogP contribution in [0.25, 0.3) is 11.0 Å². The largest absolute Gasteiger partial charge is 0.323 e. The van der Waals surface area contributed by atoms with E-state index in [1.807, 2.05) is 17.7 Å². The van der Waals surface area contributed by atoms with Crippen molar-refractivity contribution < 1.29 is 8.78 Å². The molecule has 0 N–H and O–H groups in total. The average molecular weight is 291 g/mol. The number of benzene rings is 1. The highest BCUT2D eigenvalue weighted by Crippen LogP contribution is 2.26. The molecule has 0 aliphatic heterocycles. The van der Waals surface area contributed by atoms with E-state index in [9.17, 15) is 8.78 Å². The van der Waals surface area contributed by atoms with Gasteiger partial charge in [-0.1, -0.05) is 0 Å². The Morgan fingerprint density at radius 3 is 2.78 bits per heavy atom. The van der Waals surface area contributed by atoms with Gasteiger partial charge < -0.3 is 4.57 Å². The van der Waals surface area contributed by atoms with Crippen molar-refractivity contribution in [3.05, 3.63) is 29.6 Å². The minimum Gasteiger partial charge on any atom is -0.323 e. The third-order valence-electron chi connectivity index (χ3n) is 2.75. The van der Waals surface area contributed by atoms with Gasteiger partial charge in [0.25, 0.3) is 0 Å². The van der Waals surface area contributed by atoms with Crippen molar-refractivity contribution in [2.75, 3.05) is 12.0 Å². The van der Waals surface area contributed by atoms with Crippen LogP contribution in [0.4, 0.5) is 8.78 Å². The zero-order valence-corrected chi connectivity index (χ0v) is 11.7. The van der Waals surface area contributed by atoms with Gasteiger partial charge in [0.1, 0.15) is 17.2 Å². The molecule has 0 aliphatic carbocycles. The zero-order chi connectivity index (χ0) is 13.3. The predicted octanol–water partition coefficient (Wildman–Crippen LogP) is 3.98. The highest BCUT2D eigenvalue weighted by Gasteiger charge is 2.18. The molecule has 1 heterocycles. The monoisotopic (exact) mass is 290 g/mol. The quantitative estimate of drug-likeness (QED) is 0.793. The van der Waals surface area contributed by atoms with E-state index in [1.165, 1.54) is 6.07 Å². The molecule has 2 nitrogen and oxygen atoms in total. The Balaban J connectivity index is 2.68. The first kappa shape index (κ1) is 13.6. The molecule has 0 saturated carbocycles. The topological polar surface area (TPSA) is 17.8 Å². The number of fused-ring (bicyclic) bond motifs is 1. The molecule has 1 aromatic heterocycles. The lowest BCUT2D eigenvalue weighted by atomic mass is 10.2. The van der Waals surface area contributed by atoms with Crippen LogP contribution in [0.3, 0.4) is 0 Å². The molecule has 1 unspecified atom stereocenters. The molecule has 0 radical (unpaired) electrons. The molecule has 2 aromatic rings. The second-order valence-electron chi connectivity index (χ2n) is 4.09. The lowest BCUT2D eigenvalue weighted by molar-refractivity contribution is 0.585. The number of thioether (sulfide) groups is 1. The third kappa shape index (κ3) is 2.34. The van der Waals surface area contributed by atoms with E-state index in [4.69, 9.17) is 11.6 Å². The maximum Gasteiger partial charge on any atom is 0.153 e. The Kier molecular flexibility index (Phi) is 4.12. The lowest BCUT2D eigenvalue weighted by Crippen LogP contribution is -2.10. The van der Waals surface area contributed by atoms with Gasteiger partial charge in [-0.3, -0.25) is 0 Å². The highest BCUT2D eigenvalue weighted by atomic mass is 35.5. The summed E-state index contributed by atoms with van der Waals surface area (Å²) < 4.78 is 28.8. The maximum absolute atomic E-state index is 13.7. The Bertz CT molecular complexity index is 571. The number of hydrogen-bond acceptors (Lipinski definition) is 2. The molecule has 0 saturated heterocycles. The molecule has 1 aromatic carbocycles. The van der Waals surface area contributed by atoms with Crippen LogP contribution in [0.2, 0.25) is 0 Å². The first-order valence-corrected chi connectivity index (χ1v) is 7.42. The van der Waals surface area contributed by atoms with E-state index in [1.54, 1.807) is 11.8 Å². The molecule has 6 heteroatoms. The summed E-state index contributed by atoms with van der Waals surface area (Å²) in [6, 6.07) is 2.23. The summed E-state index contributed by atoms with van der Waals surface area (Å²) >= 11 is 7.50. The summed E-state index contributed by atoms with van der Waals surface area (Å²) in [5.41, 5.74) is 0.643. The van der Waals surface area contributed by atoms with Crippen molar-refractivity contribution in [3.8, 4) is 0 Å². The molecule has 0 amide bonds. The van der Waals surface area contributed by atoms with Crippen LogP contribution in [0, 0.1) is 11.6 Å². The molecule has 0 spiro atoms. The highest BCUT2D eigenvalue weighted by molar-refractivity contribution is 7.98. The summed E-state index contributed by atoms with van der Waals surface area (Å²) in [7, 11) is 0. The van der Waals surface area contributed by atoms with E-state index in [-0.39, 0.29) is 17.4 Å². The average Bonchev–Trinajstić information content (AvgIpc) is 2.68. The van der Waals surface area contributed by atoms with Gasteiger partial charge in [-0.2, -0.15) is 11.8 Å². The molecule has 98 valence electrons. The lowest BCUT2D eigenvalue weighted by Gasteiger charge is -2.15. The van der Waals surface area contributed by atoms with Crippen molar-refractivity contribution in [2.45, 2.75) is 18.8 Å². The Hall–Kier alpha value is -0.810. The first-order chi connectivity index (χ1) is 8.58. The fraction of sp³-hybridized carbons (Fsp3) is 0.417. The second kappa shape index (κ2) is 5.45. The number of hydrogen-bond donors (Lipinski definition) is 0. The first-order valence-electron chi connectivity index (χ1n) is 5.49.